The molecule has 2 aromatic carbocycles. The van der Waals surface area contributed by atoms with Crippen molar-refractivity contribution in [2.24, 2.45) is 13.0 Å². The Morgan fingerprint density at radius 2 is 2.00 bits per heavy atom. The van der Waals surface area contributed by atoms with Gasteiger partial charge in [0.2, 0.25) is 11.8 Å². The van der Waals surface area contributed by atoms with Crippen molar-refractivity contribution >= 4 is 17.5 Å². The Bertz CT molecular complexity index is 1140. The highest BCUT2D eigenvalue weighted by Gasteiger charge is 2.37. The molecule has 0 saturated carbocycles. The van der Waals surface area contributed by atoms with E-state index < -0.39 is 12.0 Å². The fraction of sp³-hybridized carbons (Fsp3) is 0.292. The van der Waals surface area contributed by atoms with Crippen molar-refractivity contribution < 1.29 is 14.0 Å². The van der Waals surface area contributed by atoms with E-state index in [1.807, 2.05) is 39.1 Å². The Labute approximate surface area is 180 Å². The molecule has 1 N–H and O–H groups in total. The van der Waals surface area contributed by atoms with E-state index in [-0.39, 0.29) is 24.1 Å². The molecule has 7 heteroatoms. The minimum absolute atomic E-state index is 0.0758. The summed E-state index contributed by atoms with van der Waals surface area (Å²) in [5.41, 5.74) is 3.56. The number of aryl methyl sites for hydroxylation is 2. The van der Waals surface area contributed by atoms with Gasteiger partial charge in [0, 0.05) is 38.1 Å². The second-order valence-electron chi connectivity index (χ2n) is 8.02. The van der Waals surface area contributed by atoms with E-state index in [4.69, 9.17) is 0 Å². The van der Waals surface area contributed by atoms with Gasteiger partial charge in [0.1, 0.15) is 17.7 Å². The lowest BCUT2D eigenvalue weighted by molar-refractivity contribution is -0.126. The first-order chi connectivity index (χ1) is 14.8. The minimum Gasteiger partial charge on any atom is -0.342 e. The van der Waals surface area contributed by atoms with Crippen LogP contribution in [0, 0.1) is 25.6 Å². The summed E-state index contributed by atoms with van der Waals surface area (Å²) in [7, 11) is 1.82. The summed E-state index contributed by atoms with van der Waals surface area (Å²) in [4.78, 5) is 31.9. The molecule has 0 bridgehead atoms. The van der Waals surface area contributed by atoms with E-state index in [1.54, 1.807) is 34.0 Å². The van der Waals surface area contributed by atoms with Crippen LogP contribution in [-0.4, -0.2) is 27.9 Å². The summed E-state index contributed by atoms with van der Waals surface area (Å²) >= 11 is 0. The molecule has 0 aliphatic carbocycles. The number of carbonyl (C=O) groups excluding carboxylic acids is 2. The van der Waals surface area contributed by atoms with E-state index in [1.165, 1.54) is 12.1 Å². The number of nitrogens with one attached hydrogen (secondary N) is 1. The topological polar surface area (TPSA) is 67.2 Å². The molecule has 160 valence electrons. The number of aromatic nitrogens is 2. The van der Waals surface area contributed by atoms with E-state index in [0.29, 0.717) is 17.9 Å². The number of nitrogens with zero attached hydrogens (tertiary/aromatic N) is 3. The van der Waals surface area contributed by atoms with Gasteiger partial charge in [-0.25, -0.2) is 9.37 Å². The maximum atomic E-state index is 13.9. The maximum absolute atomic E-state index is 13.9. The Balaban J connectivity index is 1.57. The van der Waals surface area contributed by atoms with Gasteiger partial charge >= 0.3 is 0 Å². The van der Waals surface area contributed by atoms with Crippen LogP contribution in [0.3, 0.4) is 0 Å². The number of rotatable bonds is 5. The Morgan fingerprint density at radius 1 is 1.23 bits per heavy atom. The van der Waals surface area contributed by atoms with Crippen LogP contribution in [0.4, 0.5) is 10.1 Å². The highest BCUT2D eigenvalue weighted by atomic mass is 19.1. The van der Waals surface area contributed by atoms with Crippen molar-refractivity contribution in [1.29, 1.82) is 0 Å². The van der Waals surface area contributed by atoms with E-state index in [2.05, 4.69) is 10.3 Å². The van der Waals surface area contributed by atoms with Crippen molar-refractivity contribution in [2.75, 3.05) is 11.4 Å². The van der Waals surface area contributed by atoms with Crippen molar-refractivity contribution in [3.8, 4) is 0 Å². The van der Waals surface area contributed by atoms with Crippen molar-refractivity contribution in [1.82, 2.24) is 14.9 Å². The zero-order valence-electron chi connectivity index (χ0n) is 17.8. The number of hydrogen-bond donors (Lipinski definition) is 1. The molecule has 2 atom stereocenters. The molecule has 1 aromatic heterocycles. The zero-order valence-corrected chi connectivity index (χ0v) is 17.8. The molecule has 6 nitrogen and oxygen atoms in total. The highest BCUT2D eigenvalue weighted by Crippen LogP contribution is 2.30. The molecule has 31 heavy (non-hydrogen) atoms. The minimum atomic E-state index is -0.618. The van der Waals surface area contributed by atoms with Crippen LogP contribution in [0.15, 0.2) is 54.9 Å². The third-order valence-corrected chi connectivity index (χ3v) is 5.95. The van der Waals surface area contributed by atoms with Crippen LogP contribution >= 0.6 is 0 Å². The van der Waals surface area contributed by atoms with Gasteiger partial charge in [0.25, 0.3) is 0 Å². The number of hydrogen-bond acceptors (Lipinski definition) is 3. The predicted octanol–water partition coefficient (Wildman–Crippen LogP) is 3.43. The summed E-state index contributed by atoms with van der Waals surface area (Å²) in [6.45, 7) is 4.29. The molecule has 4 rings (SSSR count). The number of benzene rings is 2. The predicted molar refractivity (Wildman–Crippen MR) is 116 cm³/mol. The largest absolute Gasteiger partial charge is 0.342 e. The number of imidazole rings is 1. The van der Waals surface area contributed by atoms with Crippen molar-refractivity contribution in [3.05, 3.63) is 83.2 Å². The number of anilines is 1. The lowest BCUT2D eigenvalue weighted by Gasteiger charge is -2.22. The summed E-state index contributed by atoms with van der Waals surface area (Å²) < 4.78 is 15.7. The number of halogens is 1. The van der Waals surface area contributed by atoms with Crippen LogP contribution < -0.4 is 10.2 Å². The van der Waals surface area contributed by atoms with Crippen LogP contribution in [0.25, 0.3) is 0 Å². The monoisotopic (exact) mass is 420 g/mol. The summed E-state index contributed by atoms with van der Waals surface area (Å²) in [6, 6.07) is 11.3. The molecule has 3 aromatic rings. The average molecular weight is 420 g/mol. The maximum Gasteiger partial charge on any atom is 0.227 e. The highest BCUT2D eigenvalue weighted by molar-refractivity contribution is 6.01. The first kappa shape index (κ1) is 20.8. The van der Waals surface area contributed by atoms with Gasteiger partial charge in [-0.2, -0.15) is 0 Å². The second kappa shape index (κ2) is 8.34. The molecular weight excluding hydrogens is 395 g/mol. The molecule has 0 unspecified atom stereocenters. The van der Waals surface area contributed by atoms with Gasteiger partial charge in [0.15, 0.2) is 0 Å². The third-order valence-electron chi connectivity index (χ3n) is 5.95. The van der Waals surface area contributed by atoms with Crippen LogP contribution in [-0.2, 0) is 16.6 Å². The van der Waals surface area contributed by atoms with Gasteiger partial charge in [0.05, 0.1) is 5.92 Å². The molecule has 1 aliphatic heterocycles. The lowest BCUT2D eigenvalue weighted by Crippen LogP contribution is -2.37. The van der Waals surface area contributed by atoms with Crippen molar-refractivity contribution in [2.45, 2.75) is 26.3 Å². The van der Waals surface area contributed by atoms with Gasteiger partial charge in [-0.15, -0.1) is 0 Å². The van der Waals surface area contributed by atoms with Crippen LogP contribution in [0.1, 0.15) is 35.0 Å². The number of amides is 2. The van der Waals surface area contributed by atoms with Crippen LogP contribution in [0.5, 0.6) is 0 Å². The SMILES string of the molecule is Cc1cccc(N2C[C@H](C(=O)N[C@@H](c3cccc(F)c3)c3nccn3C)CC2=O)c1C. The zero-order chi connectivity index (χ0) is 22.1. The summed E-state index contributed by atoms with van der Waals surface area (Å²) in [5, 5.41) is 3.00. The standard InChI is InChI=1S/C24H25FN4O2/c1-15-6-4-9-20(16(15)2)29-14-18(13-21(29)30)24(31)27-22(23-26-10-11-28(23)3)17-7-5-8-19(25)12-17/h4-12,18,22H,13-14H2,1-3H3,(H,27,31)/t18-,22+/m1/s1. The second-order valence-corrected chi connectivity index (χ2v) is 8.02. The smallest absolute Gasteiger partial charge is 0.227 e. The van der Waals surface area contributed by atoms with Gasteiger partial charge < -0.3 is 14.8 Å². The third kappa shape index (κ3) is 4.08. The van der Waals surface area contributed by atoms with Crippen LogP contribution in [0.2, 0.25) is 0 Å². The normalized spacial score (nSPS) is 17.1. The Morgan fingerprint density at radius 3 is 2.71 bits per heavy atom. The molecule has 1 fully saturated rings. The quantitative estimate of drug-likeness (QED) is 0.688. The molecular formula is C24H25FN4O2. The van der Waals surface area contributed by atoms with Gasteiger partial charge in [-0.05, 0) is 48.7 Å². The lowest BCUT2D eigenvalue weighted by atomic mass is 10.0. The van der Waals surface area contributed by atoms with Crippen molar-refractivity contribution in [3.63, 3.8) is 0 Å². The van der Waals surface area contributed by atoms with Gasteiger partial charge in [-0.3, -0.25) is 9.59 Å². The molecule has 1 aliphatic rings. The summed E-state index contributed by atoms with van der Waals surface area (Å²) in [5.74, 6) is -0.618. The fourth-order valence-corrected chi connectivity index (χ4v) is 4.04. The first-order valence-corrected chi connectivity index (χ1v) is 10.2. The molecule has 0 radical (unpaired) electrons. The molecule has 2 amide bonds. The van der Waals surface area contributed by atoms with Gasteiger partial charge in [-0.1, -0.05) is 24.3 Å². The fourth-order valence-electron chi connectivity index (χ4n) is 4.04. The Kier molecular flexibility index (Phi) is 5.59. The van der Waals surface area contributed by atoms with E-state index in [9.17, 15) is 14.0 Å². The molecule has 2 heterocycles. The molecule has 0 spiro atoms. The first-order valence-electron chi connectivity index (χ1n) is 10.2. The summed E-state index contributed by atoms with van der Waals surface area (Å²) in [6.07, 6.45) is 3.54. The van der Waals surface area contributed by atoms with E-state index >= 15 is 0 Å². The average Bonchev–Trinajstić information content (AvgIpc) is 3.34. The molecule has 1 saturated heterocycles. The Hall–Kier alpha value is -3.48. The van der Waals surface area contributed by atoms with E-state index in [0.717, 1.165) is 16.8 Å². The number of carbonyl (C=O) groups is 2.